The number of carbonyl (C=O) groups is 2. The number of amides is 3. The number of rotatable bonds is 6. The molecule has 0 aliphatic carbocycles. The number of urea groups is 1. The van der Waals surface area contributed by atoms with E-state index in [2.05, 4.69) is 16.0 Å². The number of carbonyl (C=O) groups excluding carboxylic acids is 2. The van der Waals surface area contributed by atoms with Crippen molar-refractivity contribution in [2.75, 3.05) is 6.54 Å². The summed E-state index contributed by atoms with van der Waals surface area (Å²) in [5, 5.41) is 8.89. The fraction of sp³-hybridized carbons (Fsp3) is 0.222. The summed E-state index contributed by atoms with van der Waals surface area (Å²) in [6.45, 7) is 2.10. The molecule has 0 aliphatic heterocycles. The molecular weight excluding hydrogens is 361 g/mol. The molecule has 0 radical (unpaired) electrons. The summed E-state index contributed by atoms with van der Waals surface area (Å²) in [7, 11) is 0. The maximum atomic E-state index is 11.9. The van der Waals surface area contributed by atoms with Crippen LogP contribution < -0.4 is 16.0 Å². The number of halogens is 2. The smallest absolute Gasteiger partial charge is 0.315 e. The van der Waals surface area contributed by atoms with Crippen molar-refractivity contribution in [2.45, 2.75) is 19.5 Å². The van der Waals surface area contributed by atoms with Gasteiger partial charge in [0.2, 0.25) is 5.91 Å². The molecule has 0 saturated carbocycles. The first-order valence-electron chi connectivity index (χ1n) is 7.75. The van der Waals surface area contributed by atoms with Crippen LogP contribution in [0.4, 0.5) is 4.79 Å². The van der Waals surface area contributed by atoms with Gasteiger partial charge in [-0.3, -0.25) is 4.79 Å². The Morgan fingerprint density at radius 1 is 1.00 bits per heavy atom. The third-order valence-corrected chi connectivity index (χ3v) is 4.27. The van der Waals surface area contributed by atoms with Crippen LogP contribution in [0.15, 0.2) is 48.5 Å². The van der Waals surface area contributed by atoms with Gasteiger partial charge in [-0.15, -0.1) is 0 Å². The van der Waals surface area contributed by atoms with Crippen molar-refractivity contribution >= 4 is 35.1 Å². The molecule has 3 N–H and O–H groups in total. The van der Waals surface area contributed by atoms with Crippen molar-refractivity contribution in [1.82, 2.24) is 16.0 Å². The minimum absolute atomic E-state index is 0.119. The van der Waals surface area contributed by atoms with Crippen LogP contribution in [0.1, 0.15) is 24.1 Å². The van der Waals surface area contributed by atoms with Gasteiger partial charge in [0.25, 0.3) is 0 Å². The highest BCUT2D eigenvalue weighted by Crippen LogP contribution is 2.25. The molecule has 1 atom stereocenters. The Morgan fingerprint density at radius 3 is 2.40 bits per heavy atom. The molecule has 0 bridgehead atoms. The molecule has 0 unspecified atom stereocenters. The van der Waals surface area contributed by atoms with E-state index in [9.17, 15) is 9.59 Å². The van der Waals surface area contributed by atoms with E-state index in [1.165, 1.54) is 0 Å². The fourth-order valence-electron chi connectivity index (χ4n) is 2.16. The zero-order valence-corrected chi connectivity index (χ0v) is 15.2. The Balaban J connectivity index is 1.74. The number of benzene rings is 2. The molecule has 2 rings (SSSR count). The largest absolute Gasteiger partial charge is 0.348 e. The first-order chi connectivity index (χ1) is 12.0. The lowest BCUT2D eigenvalue weighted by Crippen LogP contribution is -2.42. The Hall–Kier alpha value is -2.24. The molecule has 0 aliphatic rings. The van der Waals surface area contributed by atoms with E-state index in [4.69, 9.17) is 23.2 Å². The lowest BCUT2D eigenvalue weighted by Gasteiger charge is -2.15. The Bertz CT molecular complexity index is 738. The van der Waals surface area contributed by atoms with Crippen molar-refractivity contribution in [1.29, 1.82) is 0 Å². The maximum Gasteiger partial charge on any atom is 0.315 e. The normalized spacial score (nSPS) is 11.5. The maximum absolute atomic E-state index is 11.9. The van der Waals surface area contributed by atoms with Gasteiger partial charge in [-0.05, 0) is 30.2 Å². The summed E-state index contributed by atoms with van der Waals surface area (Å²) in [6.07, 6.45) is 0. The molecule has 25 heavy (non-hydrogen) atoms. The summed E-state index contributed by atoms with van der Waals surface area (Å²) < 4.78 is 0. The quantitative estimate of drug-likeness (QED) is 0.716. The van der Waals surface area contributed by atoms with Gasteiger partial charge in [-0.1, -0.05) is 59.6 Å². The second kappa shape index (κ2) is 9.30. The minimum Gasteiger partial charge on any atom is -0.348 e. The van der Waals surface area contributed by atoms with E-state index < -0.39 is 6.03 Å². The molecule has 0 saturated heterocycles. The molecule has 0 fully saturated rings. The number of hydrogen-bond donors (Lipinski definition) is 3. The first kappa shape index (κ1) is 19.1. The van der Waals surface area contributed by atoms with Crippen LogP contribution in [-0.2, 0) is 11.3 Å². The fourth-order valence-corrected chi connectivity index (χ4v) is 2.47. The summed E-state index contributed by atoms with van der Waals surface area (Å²) in [5.74, 6) is -0.298. The topological polar surface area (TPSA) is 70.2 Å². The third kappa shape index (κ3) is 6.29. The molecule has 132 valence electrons. The lowest BCUT2D eigenvalue weighted by molar-refractivity contribution is -0.120. The monoisotopic (exact) mass is 379 g/mol. The number of nitrogens with one attached hydrogen (secondary N) is 3. The van der Waals surface area contributed by atoms with Gasteiger partial charge < -0.3 is 16.0 Å². The highest BCUT2D eigenvalue weighted by atomic mass is 35.5. The average molecular weight is 380 g/mol. The summed E-state index contributed by atoms with van der Waals surface area (Å²) in [6, 6.07) is 14.0. The van der Waals surface area contributed by atoms with Gasteiger partial charge in [0, 0.05) is 6.54 Å². The predicted octanol–water partition coefficient (Wildman–Crippen LogP) is 3.67. The van der Waals surface area contributed by atoms with E-state index >= 15 is 0 Å². The van der Waals surface area contributed by atoms with Crippen LogP contribution in [0, 0.1) is 0 Å². The standard InChI is InChI=1S/C18H19Cl2N3O2/c1-12(14-7-8-15(19)16(20)9-14)23-17(24)11-22-18(25)21-10-13-5-3-2-4-6-13/h2-9,12H,10-11H2,1H3,(H,23,24)(H2,21,22,25)/t12-/m1/s1. The summed E-state index contributed by atoms with van der Waals surface area (Å²) in [5.41, 5.74) is 1.81. The zero-order valence-electron chi connectivity index (χ0n) is 13.7. The van der Waals surface area contributed by atoms with Crippen molar-refractivity contribution in [3.63, 3.8) is 0 Å². The van der Waals surface area contributed by atoms with Crippen LogP contribution in [0.5, 0.6) is 0 Å². The van der Waals surface area contributed by atoms with Gasteiger partial charge >= 0.3 is 6.03 Å². The van der Waals surface area contributed by atoms with E-state index in [0.717, 1.165) is 11.1 Å². The predicted molar refractivity (Wildman–Crippen MR) is 99.7 cm³/mol. The summed E-state index contributed by atoms with van der Waals surface area (Å²) in [4.78, 5) is 23.7. The van der Waals surface area contributed by atoms with Gasteiger partial charge in [0.05, 0.1) is 22.6 Å². The number of hydrogen-bond acceptors (Lipinski definition) is 2. The van der Waals surface area contributed by atoms with Crippen molar-refractivity contribution in [2.24, 2.45) is 0 Å². The summed E-state index contributed by atoms with van der Waals surface area (Å²) >= 11 is 11.8. The van der Waals surface area contributed by atoms with E-state index in [1.54, 1.807) is 18.2 Å². The minimum atomic E-state index is -0.402. The van der Waals surface area contributed by atoms with Crippen molar-refractivity contribution in [3.05, 3.63) is 69.7 Å². The van der Waals surface area contributed by atoms with Crippen molar-refractivity contribution in [3.8, 4) is 0 Å². The van der Waals surface area contributed by atoms with Crippen LogP contribution in [-0.4, -0.2) is 18.5 Å². The second-order valence-electron chi connectivity index (χ2n) is 5.48. The highest BCUT2D eigenvalue weighted by Gasteiger charge is 2.12. The van der Waals surface area contributed by atoms with Crippen LogP contribution in [0.25, 0.3) is 0 Å². The van der Waals surface area contributed by atoms with E-state index in [-0.39, 0.29) is 18.5 Å². The van der Waals surface area contributed by atoms with E-state index in [0.29, 0.717) is 16.6 Å². The van der Waals surface area contributed by atoms with Gasteiger partial charge in [-0.2, -0.15) is 0 Å². The lowest BCUT2D eigenvalue weighted by atomic mass is 10.1. The van der Waals surface area contributed by atoms with Crippen LogP contribution in [0.2, 0.25) is 10.0 Å². The van der Waals surface area contributed by atoms with Crippen molar-refractivity contribution < 1.29 is 9.59 Å². The van der Waals surface area contributed by atoms with Gasteiger partial charge in [0.1, 0.15) is 0 Å². The first-order valence-corrected chi connectivity index (χ1v) is 8.51. The van der Waals surface area contributed by atoms with Crippen LogP contribution >= 0.6 is 23.2 Å². The van der Waals surface area contributed by atoms with E-state index in [1.807, 2.05) is 37.3 Å². The Labute approximate surface area is 156 Å². The molecular formula is C18H19Cl2N3O2. The molecule has 2 aromatic rings. The Morgan fingerprint density at radius 2 is 1.72 bits per heavy atom. The third-order valence-electron chi connectivity index (χ3n) is 3.53. The molecule has 7 heteroatoms. The molecule has 0 spiro atoms. The SMILES string of the molecule is C[C@@H](NC(=O)CNC(=O)NCc1ccccc1)c1ccc(Cl)c(Cl)c1. The second-order valence-corrected chi connectivity index (χ2v) is 6.30. The average Bonchev–Trinajstić information content (AvgIpc) is 2.61. The van der Waals surface area contributed by atoms with Gasteiger partial charge in [0.15, 0.2) is 0 Å². The molecule has 0 heterocycles. The molecule has 3 amide bonds. The highest BCUT2D eigenvalue weighted by molar-refractivity contribution is 6.42. The molecule has 0 aromatic heterocycles. The Kier molecular flexibility index (Phi) is 7.10. The zero-order chi connectivity index (χ0) is 18.2. The van der Waals surface area contributed by atoms with Crippen LogP contribution in [0.3, 0.4) is 0 Å². The molecule has 5 nitrogen and oxygen atoms in total. The van der Waals surface area contributed by atoms with Gasteiger partial charge in [-0.25, -0.2) is 4.79 Å². The molecule has 2 aromatic carbocycles.